The highest BCUT2D eigenvalue weighted by molar-refractivity contribution is 6.05. The summed E-state index contributed by atoms with van der Waals surface area (Å²) in [6.07, 6.45) is -3.66. The predicted octanol–water partition coefficient (Wildman–Crippen LogP) is 6.02. The summed E-state index contributed by atoms with van der Waals surface area (Å²) < 4.78 is 90.2. The molecule has 0 radical (unpaired) electrons. The molecule has 4 aromatic heterocycles. The number of aromatic nitrogens is 7. The van der Waals surface area contributed by atoms with Gasteiger partial charge in [-0.05, 0) is 62.1 Å². The van der Waals surface area contributed by atoms with E-state index >= 15 is 0 Å². The number of nitrogens with zero attached hydrogens (tertiary/aromatic N) is 11. The number of ether oxygens (including phenoxy) is 2. The molecule has 4 amide bonds. The molecule has 4 aliphatic heterocycles. The number of fused-ring (bicyclic) bond motifs is 8. The topological polar surface area (TPSA) is 261 Å². The number of alkyl halides is 6. The molecule has 4 aliphatic rings. The van der Waals surface area contributed by atoms with Gasteiger partial charge in [0.25, 0.3) is 0 Å². The molecule has 0 spiro atoms. The number of hydrogen-bond acceptors (Lipinski definition) is 17. The monoisotopic (exact) mass is 1060 g/mol. The van der Waals surface area contributed by atoms with E-state index in [0.29, 0.717) is 36.7 Å². The third-order valence-corrected chi connectivity index (χ3v) is 12.6. The van der Waals surface area contributed by atoms with Crippen LogP contribution >= 0.6 is 0 Å². The largest absolute Gasteiger partial charge is 0.475 e. The Morgan fingerprint density at radius 1 is 0.632 bits per heavy atom. The Kier molecular flexibility index (Phi) is 15.6. The summed E-state index contributed by atoms with van der Waals surface area (Å²) in [6.45, 7) is 1.27. The number of carbonyl (C=O) groups is 2. The first-order valence-corrected chi connectivity index (χ1v) is 23.9. The number of anilines is 6. The minimum atomic E-state index is -4.52. The van der Waals surface area contributed by atoms with Gasteiger partial charge in [0.1, 0.15) is 37.1 Å². The summed E-state index contributed by atoms with van der Waals surface area (Å²) in [5.74, 6) is 1.20. The van der Waals surface area contributed by atoms with Gasteiger partial charge in [0.2, 0.25) is 5.88 Å². The quantitative estimate of drug-likeness (QED) is 0.0766. The van der Waals surface area contributed by atoms with E-state index in [1.807, 2.05) is 0 Å². The molecule has 6 aromatic rings. The van der Waals surface area contributed by atoms with E-state index in [4.69, 9.17) is 19.7 Å². The van der Waals surface area contributed by atoms with Crippen molar-refractivity contribution in [2.24, 2.45) is 0 Å². The van der Waals surface area contributed by atoms with E-state index in [1.54, 1.807) is 24.4 Å². The lowest BCUT2D eigenvalue weighted by Gasteiger charge is -2.45. The van der Waals surface area contributed by atoms with Crippen LogP contribution in [-0.2, 0) is 12.4 Å². The Bertz CT molecular complexity index is 2850. The van der Waals surface area contributed by atoms with Gasteiger partial charge < -0.3 is 39.7 Å². The molecule has 0 aliphatic carbocycles. The van der Waals surface area contributed by atoms with Gasteiger partial charge >= 0.3 is 30.4 Å². The number of nitrogens with one attached hydrogen (secondary N) is 2. The molecule has 21 nitrogen and oxygen atoms in total. The molecule has 4 atom stereocenters. The average Bonchev–Trinajstić information content (AvgIpc) is 3.43. The van der Waals surface area contributed by atoms with Crippen LogP contribution in [0.1, 0.15) is 36.8 Å². The van der Waals surface area contributed by atoms with Crippen LogP contribution in [0.15, 0.2) is 91.4 Å². The van der Waals surface area contributed by atoms with Crippen molar-refractivity contribution in [3.8, 4) is 34.7 Å². The second-order valence-electron chi connectivity index (χ2n) is 17.9. The molecule has 2 aromatic carbocycles. The SMILES string of the molecule is O=C(Nc1cccc(OC[C@H](O)CO)n1)N1c2nc(-c3cccc(C(F)(F)F)c3)ncc2N2CCC[C@H]1C2.O=C(Nc1ccnc(OC[C@H](O)CO)n1)N1c2nc(-c3cccc(C(F)(F)F)c3)ncc2N2CCC[C@H]1C2. The molecule has 4 bridgehead atoms. The Morgan fingerprint density at radius 2 is 1.12 bits per heavy atom. The predicted molar refractivity (Wildman–Crippen MR) is 262 cm³/mol. The summed E-state index contributed by atoms with van der Waals surface area (Å²) in [5, 5.41) is 42.3. The zero-order valence-corrected chi connectivity index (χ0v) is 40.1. The molecule has 8 heterocycles. The summed E-state index contributed by atoms with van der Waals surface area (Å²) in [6, 6.07) is 14.1. The molecule has 10 rings (SSSR count). The summed E-state index contributed by atoms with van der Waals surface area (Å²) >= 11 is 0. The average molecular weight is 1060 g/mol. The first-order chi connectivity index (χ1) is 36.4. The third kappa shape index (κ3) is 12.1. The second kappa shape index (κ2) is 22.5. The maximum absolute atomic E-state index is 13.5. The fourth-order valence-corrected chi connectivity index (χ4v) is 8.96. The van der Waals surface area contributed by atoms with Crippen molar-refractivity contribution in [3.05, 3.63) is 103 Å². The molecular formula is C49H49F6N13O8. The van der Waals surface area contributed by atoms with Crippen molar-refractivity contribution in [1.82, 2.24) is 34.9 Å². The van der Waals surface area contributed by atoms with Gasteiger partial charge in [0.15, 0.2) is 23.3 Å². The van der Waals surface area contributed by atoms with E-state index in [-0.39, 0.29) is 77.4 Å². The summed E-state index contributed by atoms with van der Waals surface area (Å²) in [7, 11) is 0. The standard InChI is InChI=1S/C25H25F3N6O4.C24H24F3N7O4/c26-25(27,28)16-5-1-4-15(10-16)22-29-11-19-23(32-22)34(17-6-3-9-33(19)12-17)24(37)31-20-7-2-8-21(30-20)38-14-18(36)13-35;25-24(26,27)15-4-1-3-14(9-15)20-29-10-18-21(32-20)34(16-5-2-8-33(18)11-16)23(37)31-19-6-7-28-22(30-19)38-13-17(36)12-35/h1-2,4-5,7-8,10-11,17-18,35-36H,3,6,9,12-14H2,(H,30,31,37);1,3-4,6-7,9-10,16-17,35-36H,2,5,8,11-13H2,(H,28,30,31,37)/t17-,18+;16-,17+/m00/s1. The fourth-order valence-electron chi connectivity index (χ4n) is 8.96. The van der Waals surface area contributed by atoms with Gasteiger partial charge in [0, 0.05) is 49.6 Å². The minimum Gasteiger partial charge on any atom is -0.475 e. The Balaban J connectivity index is 0.000000186. The number of aliphatic hydroxyl groups is 4. The van der Waals surface area contributed by atoms with Crippen LogP contribution in [0, 0.1) is 0 Å². The number of aliphatic hydroxyl groups excluding tert-OH is 4. The van der Waals surface area contributed by atoms with Crippen LogP contribution in [0.25, 0.3) is 22.8 Å². The molecule has 2 fully saturated rings. The molecule has 400 valence electrons. The van der Waals surface area contributed by atoms with Gasteiger partial charge in [-0.2, -0.15) is 36.3 Å². The van der Waals surface area contributed by atoms with Gasteiger partial charge in [-0.25, -0.2) is 34.5 Å². The van der Waals surface area contributed by atoms with Gasteiger partial charge in [-0.15, -0.1) is 0 Å². The van der Waals surface area contributed by atoms with Crippen LogP contribution in [0.5, 0.6) is 11.9 Å². The first kappa shape index (κ1) is 52.8. The number of carbonyl (C=O) groups excluding carboxylic acids is 2. The second-order valence-corrected chi connectivity index (χ2v) is 17.9. The first-order valence-electron chi connectivity index (χ1n) is 23.9. The molecule has 0 saturated carbocycles. The summed E-state index contributed by atoms with van der Waals surface area (Å²) in [4.78, 5) is 64.1. The normalized spacial score (nSPS) is 17.6. The highest BCUT2D eigenvalue weighted by atomic mass is 19.4. The van der Waals surface area contributed by atoms with Crippen molar-refractivity contribution in [2.45, 2.75) is 62.3 Å². The van der Waals surface area contributed by atoms with Gasteiger partial charge in [0.05, 0.1) is 60.2 Å². The maximum atomic E-state index is 13.5. The van der Waals surface area contributed by atoms with Crippen LogP contribution < -0.4 is 39.7 Å². The van der Waals surface area contributed by atoms with Gasteiger partial charge in [-0.1, -0.05) is 30.3 Å². The van der Waals surface area contributed by atoms with Crippen molar-refractivity contribution in [3.63, 3.8) is 0 Å². The number of pyridine rings is 1. The number of piperidine rings is 2. The molecule has 2 saturated heterocycles. The Hall–Kier alpha value is -8.01. The van der Waals surface area contributed by atoms with E-state index < -0.39 is 61.0 Å². The smallest absolute Gasteiger partial charge is 0.416 e. The van der Waals surface area contributed by atoms with E-state index in [1.165, 1.54) is 52.5 Å². The number of benzene rings is 2. The number of rotatable bonds is 12. The number of amides is 4. The number of urea groups is 2. The Morgan fingerprint density at radius 3 is 1.62 bits per heavy atom. The summed E-state index contributed by atoms with van der Waals surface area (Å²) in [5.41, 5.74) is -0.0425. The number of hydrogen-bond donors (Lipinski definition) is 6. The lowest BCUT2D eigenvalue weighted by molar-refractivity contribution is -0.138. The maximum Gasteiger partial charge on any atom is 0.416 e. The lowest BCUT2D eigenvalue weighted by atomic mass is 10.0. The zero-order valence-electron chi connectivity index (χ0n) is 40.1. The van der Waals surface area contributed by atoms with Crippen LogP contribution in [0.4, 0.5) is 70.6 Å². The van der Waals surface area contributed by atoms with Crippen LogP contribution in [0.2, 0.25) is 0 Å². The third-order valence-electron chi connectivity index (χ3n) is 12.6. The van der Waals surface area contributed by atoms with E-state index in [0.717, 1.165) is 56.6 Å². The number of halogens is 6. The van der Waals surface area contributed by atoms with Crippen LogP contribution in [-0.4, -0.2) is 144 Å². The van der Waals surface area contributed by atoms with E-state index in [2.05, 4.69) is 55.3 Å². The molecular weight excluding hydrogens is 1010 g/mol. The van der Waals surface area contributed by atoms with Gasteiger partial charge in [-0.3, -0.25) is 20.4 Å². The van der Waals surface area contributed by atoms with Crippen LogP contribution in [0.3, 0.4) is 0 Å². The van der Waals surface area contributed by atoms with Crippen molar-refractivity contribution in [2.75, 3.05) is 82.8 Å². The highest BCUT2D eigenvalue weighted by Crippen LogP contribution is 2.41. The molecule has 76 heavy (non-hydrogen) atoms. The molecule has 0 unspecified atom stereocenters. The Labute approximate surface area is 428 Å². The lowest BCUT2D eigenvalue weighted by Crippen LogP contribution is -2.56. The van der Waals surface area contributed by atoms with Crippen molar-refractivity contribution in [1.29, 1.82) is 0 Å². The minimum absolute atomic E-state index is 0.0639. The zero-order chi connectivity index (χ0) is 53.7. The molecule has 6 N–H and O–H groups in total. The highest BCUT2D eigenvalue weighted by Gasteiger charge is 2.41. The van der Waals surface area contributed by atoms with E-state index in [9.17, 15) is 46.1 Å². The fraction of sp³-hybridized carbons (Fsp3) is 0.367. The van der Waals surface area contributed by atoms with Crippen molar-refractivity contribution >= 4 is 46.7 Å². The molecule has 27 heteroatoms. The van der Waals surface area contributed by atoms with Crippen molar-refractivity contribution < 1.29 is 65.8 Å².